The van der Waals surface area contributed by atoms with Crippen LogP contribution in [0.4, 0.5) is 4.79 Å². The number of amides is 5. The second-order valence-corrected chi connectivity index (χ2v) is 7.76. The van der Waals surface area contributed by atoms with E-state index in [-0.39, 0.29) is 24.2 Å². The normalized spacial score (nSPS) is 21.8. The number of hydrogen-bond acceptors (Lipinski definition) is 5. The molecule has 0 aliphatic carbocycles. The number of nitrogens with one attached hydrogen (secondary N) is 1. The minimum absolute atomic E-state index is 0.275. The highest BCUT2D eigenvalue weighted by Crippen LogP contribution is 2.29. The fourth-order valence-corrected chi connectivity index (χ4v) is 3.83. The Morgan fingerprint density at radius 1 is 0.900 bits per heavy atom. The molecule has 0 spiro atoms. The number of rotatable bonds is 5. The molecule has 30 heavy (non-hydrogen) atoms. The van der Waals surface area contributed by atoms with Gasteiger partial charge in [-0.2, -0.15) is 0 Å². The van der Waals surface area contributed by atoms with E-state index in [1.807, 2.05) is 19.1 Å². The lowest BCUT2D eigenvalue weighted by Gasteiger charge is -2.24. The smallest absolute Gasteiger partial charge is 0.325 e. The van der Waals surface area contributed by atoms with E-state index in [9.17, 15) is 24.3 Å². The van der Waals surface area contributed by atoms with E-state index in [1.165, 1.54) is 0 Å². The zero-order valence-corrected chi connectivity index (χ0v) is 16.6. The Hall–Kier alpha value is -3.52. The summed E-state index contributed by atoms with van der Waals surface area (Å²) in [5.74, 6) is -1.51. The first kappa shape index (κ1) is 19.8. The maximum absolute atomic E-state index is 13.0. The highest BCUT2D eigenvalue weighted by atomic mass is 16.3. The van der Waals surface area contributed by atoms with Gasteiger partial charge in [0, 0.05) is 0 Å². The predicted octanol–water partition coefficient (Wildman–Crippen LogP) is 1.42. The SMILES string of the molecule is Cc1ccc(C2(C)NC(=O)N(CC(O)CN3C(=O)c4ccccc4C3=O)C2=O)cc1. The van der Waals surface area contributed by atoms with Crippen molar-refractivity contribution in [2.75, 3.05) is 13.1 Å². The van der Waals surface area contributed by atoms with Crippen LogP contribution in [0.5, 0.6) is 0 Å². The number of carbonyl (C=O) groups excluding carboxylic acids is 4. The van der Waals surface area contributed by atoms with Crippen LogP contribution in [0, 0.1) is 6.92 Å². The highest BCUT2D eigenvalue weighted by molar-refractivity contribution is 6.21. The topological polar surface area (TPSA) is 107 Å². The van der Waals surface area contributed by atoms with Crippen LogP contribution in [-0.2, 0) is 10.3 Å². The van der Waals surface area contributed by atoms with E-state index in [0.717, 1.165) is 15.4 Å². The second kappa shape index (κ2) is 7.07. The lowest BCUT2D eigenvalue weighted by molar-refractivity contribution is -0.132. The molecular formula is C22H21N3O5. The molecule has 2 N–H and O–H groups in total. The van der Waals surface area contributed by atoms with Crippen molar-refractivity contribution in [1.82, 2.24) is 15.1 Å². The molecule has 4 rings (SSSR count). The Balaban J connectivity index is 1.47. The van der Waals surface area contributed by atoms with Gasteiger partial charge in [-0.1, -0.05) is 42.0 Å². The largest absolute Gasteiger partial charge is 0.389 e. The number of imide groups is 2. The van der Waals surface area contributed by atoms with Crippen molar-refractivity contribution in [2.24, 2.45) is 0 Å². The van der Waals surface area contributed by atoms with Crippen LogP contribution >= 0.6 is 0 Å². The Kier molecular flexibility index (Phi) is 4.66. The van der Waals surface area contributed by atoms with Crippen molar-refractivity contribution < 1.29 is 24.3 Å². The summed E-state index contributed by atoms with van der Waals surface area (Å²) < 4.78 is 0. The lowest BCUT2D eigenvalue weighted by Crippen LogP contribution is -2.45. The molecule has 8 nitrogen and oxygen atoms in total. The average Bonchev–Trinajstić information content (AvgIpc) is 3.09. The lowest BCUT2D eigenvalue weighted by atomic mass is 9.91. The highest BCUT2D eigenvalue weighted by Gasteiger charge is 2.49. The van der Waals surface area contributed by atoms with E-state index in [4.69, 9.17) is 0 Å². The van der Waals surface area contributed by atoms with Crippen molar-refractivity contribution in [3.8, 4) is 0 Å². The van der Waals surface area contributed by atoms with Crippen LogP contribution in [0.3, 0.4) is 0 Å². The summed E-state index contributed by atoms with van der Waals surface area (Å²) in [6.07, 6.45) is -1.28. The molecule has 2 aromatic carbocycles. The molecular weight excluding hydrogens is 386 g/mol. The van der Waals surface area contributed by atoms with Crippen molar-refractivity contribution in [3.63, 3.8) is 0 Å². The maximum Gasteiger partial charge on any atom is 0.325 e. The molecule has 0 radical (unpaired) electrons. The van der Waals surface area contributed by atoms with Gasteiger partial charge in [0.25, 0.3) is 17.7 Å². The van der Waals surface area contributed by atoms with Gasteiger partial charge in [-0.3, -0.25) is 24.2 Å². The molecule has 2 aromatic rings. The van der Waals surface area contributed by atoms with Gasteiger partial charge in [0.2, 0.25) is 0 Å². The molecule has 2 unspecified atom stereocenters. The number of β-amino-alcohol motifs (C(OH)–C–C–N with tert-alkyl or cyclic N) is 1. The molecule has 1 fully saturated rings. The number of hydrogen-bond donors (Lipinski definition) is 2. The molecule has 0 saturated carbocycles. The first-order chi connectivity index (χ1) is 14.2. The van der Waals surface area contributed by atoms with Gasteiger partial charge in [-0.05, 0) is 31.5 Å². The fraction of sp³-hybridized carbons (Fsp3) is 0.273. The Morgan fingerprint density at radius 2 is 1.43 bits per heavy atom. The van der Waals surface area contributed by atoms with Gasteiger partial charge < -0.3 is 10.4 Å². The van der Waals surface area contributed by atoms with Gasteiger partial charge in [-0.25, -0.2) is 4.79 Å². The predicted molar refractivity (Wildman–Crippen MR) is 107 cm³/mol. The summed E-state index contributed by atoms with van der Waals surface area (Å²) in [5.41, 5.74) is 0.949. The van der Waals surface area contributed by atoms with Gasteiger partial charge >= 0.3 is 6.03 Å². The number of benzene rings is 2. The Bertz CT molecular complexity index is 1030. The molecule has 2 heterocycles. The van der Waals surface area contributed by atoms with Crippen LogP contribution in [0.25, 0.3) is 0 Å². The van der Waals surface area contributed by atoms with Gasteiger partial charge in [0.1, 0.15) is 5.54 Å². The van der Waals surface area contributed by atoms with Gasteiger partial charge in [-0.15, -0.1) is 0 Å². The van der Waals surface area contributed by atoms with E-state index in [0.29, 0.717) is 5.56 Å². The summed E-state index contributed by atoms with van der Waals surface area (Å²) in [7, 11) is 0. The summed E-state index contributed by atoms with van der Waals surface area (Å²) in [5, 5.41) is 13.2. The van der Waals surface area contributed by atoms with Crippen LogP contribution in [0.2, 0.25) is 0 Å². The molecule has 154 valence electrons. The van der Waals surface area contributed by atoms with Crippen LogP contribution < -0.4 is 5.32 Å². The Labute approximate surface area is 173 Å². The van der Waals surface area contributed by atoms with Gasteiger partial charge in [0.15, 0.2) is 0 Å². The van der Waals surface area contributed by atoms with Crippen LogP contribution in [-0.4, -0.2) is 57.9 Å². The number of aliphatic hydroxyl groups is 1. The number of aryl methyl sites for hydroxylation is 1. The fourth-order valence-electron chi connectivity index (χ4n) is 3.83. The molecule has 2 aliphatic rings. The molecule has 1 saturated heterocycles. The molecule has 0 bridgehead atoms. The monoisotopic (exact) mass is 407 g/mol. The van der Waals surface area contributed by atoms with E-state index < -0.39 is 35.4 Å². The third-order valence-corrected chi connectivity index (χ3v) is 5.57. The maximum atomic E-state index is 13.0. The second-order valence-electron chi connectivity index (χ2n) is 7.76. The third-order valence-electron chi connectivity index (χ3n) is 5.57. The van der Waals surface area contributed by atoms with Crippen molar-refractivity contribution in [3.05, 3.63) is 70.8 Å². The number of nitrogens with zero attached hydrogens (tertiary/aromatic N) is 2. The number of fused-ring (bicyclic) bond motifs is 1. The van der Waals surface area contributed by atoms with Gasteiger partial charge in [0.05, 0.1) is 30.3 Å². The van der Waals surface area contributed by atoms with Crippen molar-refractivity contribution in [1.29, 1.82) is 0 Å². The van der Waals surface area contributed by atoms with Crippen molar-refractivity contribution in [2.45, 2.75) is 25.5 Å². The molecule has 2 atom stereocenters. The van der Waals surface area contributed by atoms with Crippen molar-refractivity contribution >= 4 is 23.8 Å². The van der Waals surface area contributed by atoms with E-state index >= 15 is 0 Å². The average molecular weight is 407 g/mol. The zero-order chi connectivity index (χ0) is 21.6. The minimum Gasteiger partial charge on any atom is -0.389 e. The summed E-state index contributed by atoms with van der Waals surface area (Å²) in [4.78, 5) is 52.2. The van der Waals surface area contributed by atoms with Crippen LogP contribution in [0.15, 0.2) is 48.5 Å². The summed E-state index contributed by atoms with van der Waals surface area (Å²) in [6, 6.07) is 13.0. The number of aliphatic hydroxyl groups excluding tert-OH is 1. The number of urea groups is 1. The first-order valence-electron chi connectivity index (χ1n) is 9.57. The molecule has 5 amide bonds. The van der Waals surface area contributed by atoms with E-state index in [1.54, 1.807) is 43.3 Å². The quantitative estimate of drug-likeness (QED) is 0.576. The van der Waals surface area contributed by atoms with Crippen LogP contribution in [0.1, 0.15) is 38.8 Å². The zero-order valence-electron chi connectivity index (χ0n) is 16.6. The minimum atomic E-state index is -1.28. The van der Waals surface area contributed by atoms with E-state index in [2.05, 4.69) is 5.32 Å². The molecule has 2 aliphatic heterocycles. The molecule has 8 heteroatoms. The number of carbonyl (C=O) groups is 4. The summed E-state index contributed by atoms with van der Waals surface area (Å²) >= 11 is 0. The Morgan fingerprint density at radius 3 is 2.00 bits per heavy atom. The third kappa shape index (κ3) is 3.05. The summed E-state index contributed by atoms with van der Waals surface area (Å²) in [6.45, 7) is 2.88. The standard InChI is InChI=1S/C22H21N3O5/c1-13-7-9-14(10-8-13)22(2)20(29)25(21(30)23-22)12-15(26)11-24-18(27)16-5-3-4-6-17(16)19(24)28/h3-10,15,26H,11-12H2,1-2H3,(H,23,30). The first-order valence-corrected chi connectivity index (χ1v) is 9.57. The molecule has 0 aromatic heterocycles.